The van der Waals surface area contributed by atoms with Gasteiger partial charge in [0.05, 0.1) is 6.10 Å². The van der Waals surface area contributed by atoms with Crippen LogP contribution in [0.4, 0.5) is 17.1 Å². The van der Waals surface area contributed by atoms with Crippen molar-refractivity contribution in [1.82, 2.24) is 4.98 Å². The van der Waals surface area contributed by atoms with Crippen LogP contribution >= 0.6 is 0 Å². The normalized spacial score (nSPS) is 13.7. The van der Waals surface area contributed by atoms with Gasteiger partial charge in [-0.15, -0.1) is 0 Å². The molecule has 0 aliphatic carbocycles. The fraction of sp³-hybridized carbons (Fsp3) is 0.242. The molecule has 0 spiro atoms. The summed E-state index contributed by atoms with van der Waals surface area (Å²) in [6.07, 6.45) is 2.98. The Morgan fingerprint density at radius 3 is 2.00 bits per heavy atom. The van der Waals surface area contributed by atoms with Crippen LogP contribution in [0.1, 0.15) is 63.5 Å². The molecule has 1 aliphatic rings. The van der Waals surface area contributed by atoms with Gasteiger partial charge in [-0.25, -0.2) is 0 Å². The van der Waals surface area contributed by atoms with E-state index in [0.29, 0.717) is 33.8 Å². The molecule has 3 aromatic carbocycles. The number of amides is 2. The number of hydrogen-bond donors (Lipinski definition) is 3. The van der Waals surface area contributed by atoms with Gasteiger partial charge in [-0.05, 0) is 112 Å². The van der Waals surface area contributed by atoms with Gasteiger partial charge >= 0.3 is 0 Å². The first-order chi connectivity index (χ1) is 19.8. The van der Waals surface area contributed by atoms with Gasteiger partial charge in [-0.1, -0.05) is 0 Å². The van der Waals surface area contributed by atoms with Gasteiger partial charge < -0.3 is 25.2 Å². The van der Waals surface area contributed by atoms with Gasteiger partial charge in [-0.3, -0.25) is 14.4 Å². The number of rotatable bonds is 8. The third kappa shape index (κ3) is 6.39. The maximum atomic E-state index is 13.1. The predicted octanol–water partition coefficient (Wildman–Crippen LogP) is 5.51. The van der Waals surface area contributed by atoms with Gasteiger partial charge in [0, 0.05) is 59.1 Å². The number of aliphatic hydroxyl groups is 1. The molecular formula is C33H34N4O4. The highest BCUT2D eigenvalue weighted by Gasteiger charge is 2.22. The summed E-state index contributed by atoms with van der Waals surface area (Å²) in [6.45, 7) is 5.48. The lowest BCUT2D eigenvalue weighted by Crippen LogP contribution is -2.37. The van der Waals surface area contributed by atoms with Crippen molar-refractivity contribution in [2.75, 3.05) is 28.2 Å². The third-order valence-electron chi connectivity index (χ3n) is 7.34. The average Bonchev–Trinajstić information content (AvgIpc) is 3.53. The number of hydrogen-bond acceptors (Lipinski definition) is 5. The maximum Gasteiger partial charge on any atom is 0.274 e. The van der Waals surface area contributed by atoms with Crippen LogP contribution in [-0.4, -0.2) is 52.9 Å². The fourth-order valence-electron chi connectivity index (χ4n) is 5.04. The Morgan fingerprint density at radius 2 is 1.44 bits per heavy atom. The first-order valence-electron chi connectivity index (χ1n) is 13.9. The first-order valence-corrected chi connectivity index (χ1v) is 13.9. The van der Waals surface area contributed by atoms with E-state index in [9.17, 15) is 19.5 Å². The highest BCUT2D eigenvalue weighted by atomic mass is 16.3. The summed E-state index contributed by atoms with van der Waals surface area (Å²) in [5.41, 5.74) is 4.37. The van der Waals surface area contributed by atoms with E-state index in [1.165, 1.54) is 0 Å². The Kier molecular flexibility index (Phi) is 8.31. The zero-order valence-corrected chi connectivity index (χ0v) is 23.2. The summed E-state index contributed by atoms with van der Waals surface area (Å²) in [7, 11) is 0. The van der Waals surface area contributed by atoms with E-state index in [-0.39, 0.29) is 29.7 Å². The van der Waals surface area contributed by atoms with Crippen molar-refractivity contribution < 1.29 is 19.5 Å². The predicted molar refractivity (Wildman–Crippen MR) is 161 cm³/mol. The minimum Gasteiger partial charge on any atom is -0.393 e. The van der Waals surface area contributed by atoms with Crippen molar-refractivity contribution in [1.29, 1.82) is 0 Å². The number of anilines is 3. The first kappa shape index (κ1) is 27.9. The topological polar surface area (TPSA) is 106 Å². The number of carbonyl (C=O) groups is 3. The van der Waals surface area contributed by atoms with Crippen molar-refractivity contribution >= 4 is 34.7 Å². The van der Waals surface area contributed by atoms with Crippen LogP contribution in [0.25, 0.3) is 0 Å². The largest absolute Gasteiger partial charge is 0.393 e. The van der Waals surface area contributed by atoms with Crippen LogP contribution in [0.2, 0.25) is 0 Å². The molecule has 1 aromatic heterocycles. The minimum absolute atomic E-state index is 0.0716. The van der Waals surface area contributed by atoms with Gasteiger partial charge in [0.1, 0.15) is 5.69 Å². The quantitative estimate of drug-likeness (QED) is 0.251. The Morgan fingerprint density at radius 1 is 0.854 bits per heavy atom. The number of nitrogens with zero attached hydrogens (tertiary/aromatic N) is 2. The summed E-state index contributed by atoms with van der Waals surface area (Å²) in [5, 5.41) is 12.6. The molecule has 41 heavy (non-hydrogen) atoms. The number of ketones is 1. The lowest BCUT2D eigenvalue weighted by atomic mass is 10.0. The third-order valence-corrected chi connectivity index (χ3v) is 7.34. The summed E-state index contributed by atoms with van der Waals surface area (Å²) in [5.74, 6) is -0.522. The molecule has 0 atom stereocenters. The second kappa shape index (κ2) is 12.2. The molecule has 0 radical (unpaired) electrons. The summed E-state index contributed by atoms with van der Waals surface area (Å²) >= 11 is 0. The van der Waals surface area contributed by atoms with Crippen molar-refractivity contribution in [3.05, 3.63) is 114 Å². The smallest absolute Gasteiger partial charge is 0.274 e. The number of aromatic amines is 1. The van der Waals surface area contributed by atoms with Crippen LogP contribution in [0.3, 0.4) is 0 Å². The van der Waals surface area contributed by atoms with E-state index < -0.39 is 0 Å². The van der Waals surface area contributed by atoms with Crippen LogP contribution in [0, 0.1) is 0 Å². The van der Waals surface area contributed by atoms with Crippen LogP contribution in [0.15, 0.2) is 91.1 Å². The monoisotopic (exact) mass is 550 g/mol. The Hall–Kier alpha value is -4.69. The lowest BCUT2D eigenvalue weighted by Gasteiger charge is -2.31. The Labute approximate surface area is 239 Å². The standard InChI is InChI=1S/C33H34N4O4/c1-22(2)37(33(41)30-4-3-19-34-30)28-15-7-24(8-16-28)31(39)23-5-11-26(12-6-23)35-32(40)25-9-13-27(14-10-25)36-20-17-29(38)18-21-36/h3-16,19,22,29,34,38H,17-18,20-21H2,1-2H3,(H,35,40). The molecule has 1 saturated heterocycles. The van der Waals surface area contributed by atoms with E-state index in [1.54, 1.807) is 83.9 Å². The molecule has 2 amide bonds. The fourth-order valence-corrected chi connectivity index (χ4v) is 5.04. The van der Waals surface area contributed by atoms with Crippen molar-refractivity contribution in [3.8, 4) is 0 Å². The van der Waals surface area contributed by atoms with Gasteiger partial charge in [0.2, 0.25) is 0 Å². The molecule has 4 aromatic rings. The van der Waals surface area contributed by atoms with Crippen LogP contribution in [0.5, 0.6) is 0 Å². The molecular weight excluding hydrogens is 516 g/mol. The number of benzene rings is 3. The Bertz CT molecular complexity index is 1490. The van der Waals surface area contributed by atoms with Crippen molar-refractivity contribution in [2.24, 2.45) is 0 Å². The van der Waals surface area contributed by atoms with Gasteiger partial charge in [0.15, 0.2) is 5.78 Å². The second-order valence-electron chi connectivity index (χ2n) is 10.5. The van der Waals surface area contributed by atoms with E-state index in [2.05, 4.69) is 15.2 Å². The average molecular weight is 551 g/mol. The van der Waals surface area contributed by atoms with Crippen LogP contribution < -0.4 is 15.1 Å². The van der Waals surface area contributed by atoms with E-state index in [4.69, 9.17) is 0 Å². The Balaban J connectivity index is 1.21. The zero-order chi connectivity index (χ0) is 28.9. The number of nitrogens with one attached hydrogen (secondary N) is 2. The van der Waals surface area contributed by atoms with Crippen LogP contribution in [-0.2, 0) is 0 Å². The van der Waals surface area contributed by atoms with Gasteiger partial charge in [0.25, 0.3) is 11.8 Å². The van der Waals surface area contributed by atoms with E-state index >= 15 is 0 Å². The molecule has 1 aliphatic heterocycles. The summed E-state index contributed by atoms with van der Waals surface area (Å²) < 4.78 is 0. The zero-order valence-electron chi connectivity index (χ0n) is 23.2. The highest BCUT2D eigenvalue weighted by molar-refractivity contribution is 6.10. The van der Waals surface area contributed by atoms with E-state index in [1.807, 2.05) is 26.0 Å². The lowest BCUT2D eigenvalue weighted by molar-refractivity contribution is 0.0974. The summed E-state index contributed by atoms with van der Waals surface area (Å²) in [6, 6.07) is 24.7. The molecule has 210 valence electrons. The number of carbonyl (C=O) groups excluding carboxylic acids is 3. The molecule has 0 unspecified atom stereocenters. The molecule has 8 heteroatoms. The molecule has 8 nitrogen and oxygen atoms in total. The molecule has 2 heterocycles. The maximum absolute atomic E-state index is 13.1. The van der Waals surface area contributed by atoms with Crippen molar-refractivity contribution in [3.63, 3.8) is 0 Å². The van der Waals surface area contributed by atoms with Crippen molar-refractivity contribution in [2.45, 2.75) is 38.8 Å². The molecule has 0 saturated carbocycles. The molecule has 5 rings (SSSR count). The number of aliphatic hydroxyl groups excluding tert-OH is 1. The SMILES string of the molecule is CC(C)N(C(=O)c1ccc[nH]1)c1ccc(C(=O)c2ccc(NC(=O)c3ccc(N4CCC(O)CC4)cc3)cc2)cc1. The summed E-state index contributed by atoms with van der Waals surface area (Å²) in [4.78, 5) is 45.7. The second-order valence-corrected chi connectivity index (χ2v) is 10.5. The molecule has 3 N–H and O–H groups in total. The number of aromatic nitrogens is 1. The highest BCUT2D eigenvalue weighted by Crippen LogP contribution is 2.23. The minimum atomic E-state index is -0.233. The number of H-pyrrole nitrogens is 1. The number of piperidine rings is 1. The molecule has 0 bridgehead atoms. The molecule has 1 fully saturated rings. The van der Waals surface area contributed by atoms with E-state index in [0.717, 1.165) is 31.6 Å². The van der Waals surface area contributed by atoms with Gasteiger partial charge in [-0.2, -0.15) is 0 Å².